The predicted molar refractivity (Wildman–Crippen MR) is 172 cm³/mol. The van der Waals surface area contributed by atoms with Gasteiger partial charge in [0.15, 0.2) is 5.82 Å². The molecule has 0 spiro atoms. The average molecular weight is 628 g/mol. The third-order valence-electron chi connectivity index (χ3n) is 7.54. The van der Waals surface area contributed by atoms with Gasteiger partial charge in [-0.3, -0.25) is 14.2 Å². The molecule has 1 aliphatic rings. The first-order valence-corrected chi connectivity index (χ1v) is 13.5. The molecule has 0 radical (unpaired) electrons. The average Bonchev–Trinajstić information content (AvgIpc) is 3.43. The van der Waals surface area contributed by atoms with Gasteiger partial charge < -0.3 is 25.8 Å². The van der Waals surface area contributed by atoms with Gasteiger partial charge in [-0.05, 0) is 66.8 Å². The number of fused-ring (bicyclic) bond motifs is 1. The second kappa shape index (κ2) is 14.8. The van der Waals surface area contributed by atoms with Crippen LogP contribution < -0.4 is 31.4 Å². The summed E-state index contributed by atoms with van der Waals surface area (Å²) in [5.41, 5.74) is 9.91. The van der Waals surface area contributed by atoms with Gasteiger partial charge in [-0.25, -0.2) is 9.97 Å². The molecule has 228 valence electrons. The van der Waals surface area contributed by atoms with Gasteiger partial charge in [0.1, 0.15) is 23.4 Å². The molecule has 12 heteroatoms. The second-order valence-electron chi connectivity index (χ2n) is 10.0. The molecule has 1 amide bonds. The molecule has 0 saturated carbocycles. The molecule has 4 aromatic rings. The maximum Gasteiger partial charge on any atom is 0.294 e. The van der Waals surface area contributed by atoms with E-state index in [-0.39, 0.29) is 48.0 Å². The van der Waals surface area contributed by atoms with E-state index in [2.05, 4.69) is 20.6 Å². The molecule has 0 bridgehead atoms. The zero-order valence-electron chi connectivity index (χ0n) is 24.2. The van der Waals surface area contributed by atoms with Gasteiger partial charge in [0.05, 0.1) is 14.2 Å². The summed E-state index contributed by atoms with van der Waals surface area (Å²) in [6, 6.07) is 18.7. The Balaban J connectivity index is 0.00000253. The van der Waals surface area contributed by atoms with Crippen molar-refractivity contribution in [2.75, 3.05) is 31.8 Å². The van der Waals surface area contributed by atoms with Crippen LogP contribution in [0.25, 0.3) is 0 Å². The number of nitrogen functional groups attached to an aromatic ring is 1. The largest absolute Gasteiger partial charge is 0.497 e. The monoisotopic (exact) mass is 626 g/mol. The Morgan fingerprint density at radius 1 is 1.00 bits per heavy atom. The van der Waals surface area contributed by atoms with E-state index < -0.39 is 6.04 Å². The molecule has 0 unspecified atom stereocenters. The maximum absolute atomic E-state index is 13.6. The highest BCUT2D eigenvalue weighted by molar-refractivity contribution is 5.85. The minimum atomic E-state index is -0.609. The van der Waals surface area contributed by atoms with Crippen LogP contribution in [0.3, 0.4) is 0 Å². The lowest BCUT2D eigenvalue weighted by molar-refractivity contribution is -0.124. The van der Waals surface area contributed by atoms with Crippen LogP contribution in [0.5, 0.6) is 11.5 Å². The summed E-state index contributed by atoms with van der Waals surface area (Å²) in [6.45, 7) is 2.57. The number of anilines is 2. The molecule has 1 aliphatic heterocycles. The molecule has 3 heterocycles. The summed E-state index contributed by atoms with van der Waals surface area (Å²) in [7, 11) is 3.27. The lowest BCUT2D eigenvalue weighted by atomic mass is 9.91. The van der Waals surface area contributed by atoms with E-state index in [4.69, 9.17) is 15.2 Å². The van der Waals surface area contributed by atoms with Gasteiger partial charge >= 0.3 is 0 Å². The van der Waals surface area contributed by atoms with Gasteiger partial charge in [-0.2, -0.15) is 0 Å². The summed E-state index contributed by atoms with van der Waals surface area (Å²) in [5.74, 6) is 1.87. The highest BCUT2D eigenvalue weighted by Crippen LogP contribution is 2.29. The van der Waals surface area contributed by atoms with Crippen molar-refractivity contribution in [1.29, 1.82) is 0 Å². The Labute approximate surface area is 262 Å². The van der Waals surface area contributed by atoms with Crippen molar-refractivity contribution < 1.29 is 14.3 Å². The van der Waals surface area contributed by atoms with Crippen molar-refractivity contribution in [3.8, 4) is 11.5 Å². The fraction of sp³-hybridized carbons (Fsp3) is 0.290. The number of aryl methyl sites for hydroxylation is 2. The molecular weight excluding hydrogens is 591 g/mol. The molecular formula is C31H36Cl2N6O4. The van der Waals surface area contributed by atoms with Gasteiger partial charge in [-0.1, -0.05) is 30.3 Å². The number of nitrogens with zero attached hydrogens (tertiary/aromatic N) is 3. The number of amides is 1. The Kier molecular flexibility index (Phi) is 11.4. The molecule has 0 saturated heterocycles. The van der Waals surface area contributed by atoms with Crippen LogP contribution in [-0.4, -0.2) is 41.2 Å². The molecule has 0 fully saturated rings. The highest BCUT2D eigenvalue weighted by Gasteiger charge is 2.31. The molecule has 4 N–H and O–H groups in total. The quantitative estimate of drug-likeness (QED) is 0.235. The van der Waals surface area contributed by atoms with Crippen LogP contribution in [0, 0.1) is 6.92 Å². The summed E-state index contributed by atoms with van der Waals surface area (Å²) in [6.07, 6.45) is 2.82. The topological polar surface area (TPSA) is 133 Å². The number of carbonyl (C=O) groups excluding carboxylic acids is 1. The smallest absolute Gasteiger partial charge is 0.294 e. The number of hydrogen-bond donors (Lipinski definition) is 3. The lowest BCUT2D eigenvalue weighted by Crippen LogP contribution is -2.36. The lowest BCUT2D eigenvalue weighted by Gasteiger charge is -2.20. The van der Waals surface area contributed by atoms with Crippen molar-refractivity contribution in [2.45, 2.75) is 38.3 Å². The molecule has 1 atom stereocenters. The van der Waals surface area contributed by atoms with Crippen molar-refractivity contribution in [1.82, 2.24) is 19.9 Å². The minimum absolute atomic E-state index is 0. The number of hydrogen-bond acceptors (Lipinski definition) is 8. The van der Waals surface area contributed by atoms with Gasteiger partial charge in [0.2, 0.25) is 5.91 Å². The number of rotatable bonds is 10. The summed E-state index contributed by atoms with van der Waals surface area (Å²) in [4.78, 5) is 35.5. The maximum atomic E-state index is 13.6. The van der Waals surface area contributed by atoms with Crippen LogP contribution in [0.1, 0.15) is 46.5 Å². The van der Waals surface area contributed by atoms with Crippen LogP contribution in [-0.2, 0) is 17.8 Å². The van der Waals surface area contributed by atoms with Crippen LogP contribution in [0.2, 0.25) is 0 Å². The number of nitrogens with one attached hydrogen (secondary N) is 2. The Hall–Kier alpha value is -4.28. The molecule has 10 nitrogen and oxygen atoms in total. The minimum Gasteiger partial charge on any atom is -0.497 e. The highest BCUT2D eigenvalue weighted by atomic mass is 35.5. The van der Waals surface area contributed by atoms with Gasteiger partial charge in [0, 0.05) is 36.6 Å². The Morgan fingerprint density at radius 2 is 1.60 bits per heavy atom. The van der Waals surface area contributed by atoms with E-state index in [0.717, 1.165) is 39.6 Å². The van der Waals surface area contributed by atoms with E-state index in [9.17, 15) is 9.59 Å². The van der Waals surface area contributed by atoms with Crippen molar-refractivity contribution in [2.24, 2.45) is 0 Å². The number of pyridine rings is 1. The first-order chi connectivity index (χ1) is 19.9. The van der Waals surface area contributed by atoms with E-state index in [1.54, 1.807) is 31.0 Å². The number of carbonyl (C=O) groups is 1. The van der Waals surface area contributed by atoms with E-state index in [0.29, 0.717) is 31.7 Å². The van der Waals surface area contributed by atoms with Crippen molar-refractivity contribution in [3.63, 3.8) is 0 Å². The van der Waals surface area contributed by atoms with Gasteiger partial charge in [-0.15, -0.1) is 24.8 Å². The summed E-state index contributed by atoms with van der Waals surface area (Å²) < 4.78 is 12.2. The number of ether oxygens (including phenoxy) is 2. The van der Waals surface area contributed by atoms with Crippen LogP contribution in [0.4, 0.5) is 11.6 Å². The number of halogens is 2. The zero-order chi connectivity index (χ0) is 28.9. The summed E-state index contributed by atoms with van der Waals surface area (Å²) in [5, 5.41) is 6.23. The van der Waals surface area contributed by atoms with E-state index in [1.807, 2.05) is 61.5 Å². The first-order valence-electron chi connectivity index (χ1n) is 13.5. The van der Waals surface area contributed by atoms with Crippen LogP contribution >= 0.6 is 24.8 Å². The van der Waals surface area contributed by atoms with Crippen molar-refractivity contribution >= 4 is 42.4 Å². The Bertz CT molecular complexity index is 1550. The first kappa shape index (κ1) is 33.2. The predicted octanol–water partition coefficient (Wildman–Crippen LogP) is 4.44. The molecule has 5 rings (SSSR count). The normalized spacial score (nSPS) is 13.3. The van der Waals surface area contributed by atoms with Gasteiger partial charge in [0.25, 0.3) is 5.56 Å². The third-order valence-corrected chi connectivity index (χ3v) is 7.54. The zero-order valence-corrected chi connectivity index (χ0v) is 25.8. The van der Waals surface area contributed by atoms with E-state index in [1.165, 1.54) is 0 Å². The number of aromatic nitrogens is 3. The number of methoxy groups -OCH3 is 2. The molecule has 2 aromatic heterocycles. The standard InChI is InChI=1S/C31H34N6O4.2ClH/c1-19-22(8-15-28(32)36-19)16-35-30(38)27-14-9-23-17-33-29(31(39)37(23)27)34-18-26(20-4-10-24(40-2)11-5-20)21-6-12-25(41-3)13-7-21;;/h4-8,10-13,15,17,26-27H,9,14,16,18H2,1-3H3,(H2,32,36)(H,33,34)(H,35,38);2*1H/t27-;;/m1../s1. The molecule has 2 aromatic carbocycles. The third kappa shape index (κ3) is 7.39. The summed E-state index contributed by atoms with van der Waals surface area (Å²) >= 11 is 0. The van der Waals surface area contributed by atoms with Crippen LogP contribution in [0.15, 0.2) is 71.7 Å². The van der Waals surface area contributed by atoms with E-state index >= 15 is 0 Å². The number of nitrogens with two attached hydrogens (primary N) is 1. The van der Waals surface area contributed by atoms with Crippen molar-refractivity contribution in [3.05, 3.63) is 105 Å². The number of benzene rings is 2. The molecule has 43 heavy (non-hydrogen) atoms. The fourth-order valence-electron chi connectivity index (χ4n) is 5.21. The Morgan fingerprint density at radius 3 is 2.16 bits per heavy atom. The SMILES string of the molecule is COc1ccc(C(CNc2ncc3n(c2=O)[C@@H](C(=O)NCc2ccc(N)nc2C)CC3)c2ccc(OC)cc2)cc1.Cl.Cl. The molecule has 0 aliphatic carbocycles. The second-order valence-corrected chi connectivity index (χ2v) is 10.0. The fourth-order valence-corrected chi connectivity index (χ4v) is 5.21.